The number of hydrogen-bond acceptors (Lipinski definition) is 3. The second-order valence-corrected chi connectivity index (χ2v) is 5.96. The Bertz CT molecular complexity index is 792. The van der Waals surface area contributed by atoms with Crippen LogP contribution in [0.2, 0.25) is 0 Å². The molecule has 0 saturated carbocycles. The summed E-state index contributed by atoms with van der Waals surface area (Å²) in [5.74, 6) is -0.234. The molecule has 0 bridgehead atoms. The summed E-state index contributed by atoms with van der Waals surface area (Å²) >= 11 is 0. The van der Waals surface area contributed by atoms with E-state index in [1.54, 1.807) is 24.3 Å². The van der Waals surface area contributed by atoms with Gasteiger partial charge in [0.2, 0.25) is 11.8 Å². The van der Waals surface area contributed by atoms with Gasteiger partial charge in [-0.05, 0) is 30.7 Å². The molecule has 0 spiro atoms. The average molecular weight is 358 g/mol. The van der Waals surface area contributed by atoms with E-state index in [9.17, 15) is 14.0 Å². The van der Waals surface area contributed by atoms with Gasteiger partial charge in [-0.1, -0.05) is 24.3 Å². The summed E-state index contributed by atoms with van der Waals surface area (Å²) < 4.78 is 18.9. The average Bonchev–Trinajstić information content (AvgIpc) is 2.61. The smallest absolute Gasteiger partial charge is 0.223 e. The fourth-order valence-electron chi connectivity index (χ4n) is 2.60. The zero-order chi connectivity index (χ0) is 19.1. The van der Waals surface area contributed by atoms with Crippen molar-refractivity contribution in [3.8, 4) is 5.75 Å². The van der Waals surface area contributed by atoms with Crippen LogP contribution in [0.15, 0.2) is 42.5 Å². The summed E-state index contributed by atoms with van der Waals surface area (Å²) in [6.45, 7) is 3.68. The second kappa shape index (κ2) is 8.99. The molecule has 2 aromatic rings. The lowest BCUT2D eigenvalue weighted by Gasteiger charge is -2.23. The number of anilines is 1. The molecule has 0 radical (unpaired) electrons. The van der Waals surface area contributed by atoms with Crippen molar-refractivity contribution in [1.29, 1.82) is 0 Å². The Balaban J connectivity index is 2.00. The summed E-state index contributed by atoms with van der Waals surface area (Å²) in [6.07, 6.45) is 0.102. The van der Waals surface area contributed by atoms with Crippen LogP contribution in [0.4, 0.5) is 10.1 Å². The van der Waals surface area contributed by atoms with Gasteiger partial charge >= 0.3 is 0 Å². The minimum Gasteiger partial charge on any atom is -0.495 e. The molecular weight excluding hydrogens is 335 g/mol. The first kappa shape index (κ1) is 19.4. The fourth-order valence-corrected chi connectivity index (χ4v) is 2.60. The van der Waals surface area contributed by atoms with Crippen molar-refractivity contribution in [2.75, 3.05) is 18.6 Å². The number of methoxy groups -OCH3 is 1. The molecule has 0 heterocycles. The Kier molecular flexibility index (Phi) is 6.72. The molecule has 0 aliphatic rings. The molecule has 0 aliphatic carbocycles. The molecule has 0 saturated heterocycles. The zero-order valence-corrected chi connectivity index (χ0v) is 15.2. The first-order valence-corrected chi connectivity index (χ1v) is 8.35. The van der Waals surface area contributed by atoms with Gasteiger partial charge in [-0.2, -0.15) is 0 Å². The van der Waals surface area contributed by atoms with E-state index in [-0.39, 0.29) is 37.1 Å². The van der Waals surface area contributed by atoms with Crippen molar-refractivity contribution in [1.82, 2.24) is 5.32 Å². The fraction of sp³-hybridized carbons (Fsp3) is 0.300. The Morgan fingerprint density at radius 1 is 1.19 bits per heavy atom. The molecule has 6 heteroatoms. The molecular formula is C20H23FN2O3. The van der Waals surface area contributed by atoms with E-state index >= 15 is 0 Å². The van der Waals surface area contributed by atoms with Gasteiger partial charge in [0.1, 0.15) is 11.6 Å². The minimum absolute atomic E-state index is 0.102. The first-order valence-electron chi connectivity index (χ1n) is 8.35. The number of benzene rings is 2. The predicted molar refractivity (Wildman–Crippen MR) is 98.6 cm³/mol. The summed E-state index contributed by atoms with van der Waals surface area (Å²) in [7, 11) is 1.54. The minimum atomic E-state index is -0.359. The molecule has 0 unspecified atom stereocenters. The molecule has 26 heavy (non-hydrogen) atoms. The van der Waals surface area contributed by atoms with Crippen molar-refractivity contribution < 1.29 is 18.7 Å². The standard InChI is InChI=1S/C20H23FN2O3/c1-14-8-9-19(26-3)18(12-14)23(15(2)24)11-10-20(25)22-13-16-6-4-5-7-17(16)21/h4-9,12H,10-11,13H2,1-3H3,(H,22,25). The van der Waals surface area contributed by atoms with Crippen molar-refractivity contribution in [2.45, 2.75) is 26.8 Å². The highest BCUT2D eigenvalue weighted by atomic mass is 19.1. The first-order chi connectivity index (χ1) is 12.4. The van der Waals surface area contributed by atoms with Crippen LogP contribution in [-0.2, 0) is 16.1 Å². The lowest BCUT2D eigenvalue weighted by molar-refractivity contribution is -0.121. The van der Waals surface area contributed by atoms with Crippen molar-refractivity contribution in [3.63, 3.8) is 0 Å². The number of nitrogens with one attached hydrogen (secondary N) is 1. The maximum atomic E-state index is 13.6. The van der Waals surface area contributed by atoms with Gasteiger partial charge in [0.15, 0.2) is 0 Å². The maximum Gasteiger partial charge on any atom is 0.223 e. The van der Waals surface area contributed by atoms with Crippen LogP contribution in [0.25, 0.3) is 0 Å². The van der Waals surface area contributed by atoms with E-state index < -0.39 is 0 Å². The third kappa shape index (κ3) is 5.05. The molecule has 1 N–H and O–H groups in total. The van der Waals surface area contributed by atoms with E-state index in [1.165, 1.54) is 25.0 Å². The highest BCUT2D eigenvalue weighted by Crippen LogP contribution is 2.29. The van der Waals surface area contributed by atoms with Gasteiger partial charge in [0, 0.05) is 32.0 Å². The number of ether oxygens (including phenoxy) is 1. The quantitative estimate of drug-likeness (QED) is 0.827. The highest BCUT2D eigenvalue weighted by Gasteiger charge is 2.17. The number of hydrogen-bond donors (Lipinski definition) is 1. The molecule has 0 aromatic heterocycles. The monoisotopic (exact) mass is 358 g/mol. The van der Waals surface area contributed by atoms with E-state index in [0.717, 1.165) is 5.56 Å². The van der Waals surface area contributed by atoms with Gasteiger partial charge in [-0.25, -0.2) is 4.39 Å². The molecule has 0 atom stereocenters. The molecule has 0 fully saturated rings. The van der Waals surface area contributed by atoms with Gasteiger partial charge in [-0.15, -0.1) is 0 Å². The largest absolute Gasteiger partial charge is 0.495 e. The summed E-state index contributed by atoms with van der Waals surface area (Å²) in [6, 6.07) is 11.8. The molecule has 138 valence electrons. The summed E-state index contributed by atoms with van der Waals surface area (Å²) in [5, 5.41) is 2.68. The SMILES string of the molecule is COc1ccc(C)cc1N(CCC(=O)NCc1ccccc1F)C(C)=O. The Morgan fingerprint density at radius 2 is 1.92 bits per heavy atom. The van der Waals surface area contributed by atoms with Crippen LogP contribution in [0.3, 0.4) is 0 Å². The van der Waals surface area contributed by atoms with Crippen molar-refractivity contribution in [3.05, 3.63) is 59.4 Å². The number of aryl methyl sites for hydroxylation is 1. The molecule has 5 nitrogen and oxygen atoms in total. The predicted octanol–water partition coefficient (Wildman–Crippen LogP) is 3.20. The highest BCUT2D eigenvalue weighted by molar-refractivity contribution is 5.94. The van der Waals surface area contributed by atoms with Crippen molar-refractivity contribution in [2.24, 2.45) is 0 Å². The van der Waals surface area contributed by atoms with Gasteiger partial charge in [0.25, 0.3) is 0 Å². The van der Waals surface area contributed by atoms with Crippen LogP contribution in [-0.4, -0.2) is 25.5 Å². The van der Waals surface area contributed by atoms with E-state index in [1.807, 2.05) is 19.1 Å². The van der Waals surface area contributed by atoms with Crippen LogP contribution in [0.1, 0.15) is 24.5 Å². The van der Waals surface area contributed by atoms with Crippen LogP contribution in [0, 0.1) is 12.7 Å². The lowest BCUT2D eigenvalue weighted by Crippen LogP contribution is -2.34. The van der Waals surface area contributed by atoms with Crippen molar-refractivity contribution >= 4 is 17.5 Å². The molecule has 2 rings (SSSR count). The molecule has 2 amide bonds. The Hall–Kier alpha value is -2.89. The summed E-state index contributed by atoms with van der Waals surface area (Å²) in [5.41, 5.74) is 2.03. The van der Waals surface area contributed by atoms with E-state index in [4.69, 9.17) is 4.74 Å². The van der Waals surface area contributed by atoms with Gasteiger partial charge < -0.3 is 15.0 Å². The van der Waals surface area contributed by atoms with Gasteiger partial charge in [0.05, 0.1) is 12.8 Å². The number of carbonyl (C=O) groups is 2. The number of carbonyl (C=O) groups excluding carboxylic acids is 2. The van der Waals surface area contributed by atoms with Crippen LogP contribution >= 0.6 is 0 Å². The topological polar surface area (TPSA) is 58.6 Å². The molecule has 2 aromatic carbocycles. The van der Waals surface area contributed by atoms with Crippen LogP contribution in [0.5, 0.6) is 5.75 Å². The van der Waals surface area contributed by atoms with E-state index in [0.29, 0.717) is 17.0 Å². The Morgan fingerprint density at radius 3 is 2.58 bits per heavy atom. The molecule has 0 aliphatic heterocycles. The third-order valence-electron chi connectivity index (χ3n) is 4.00. The maximum absolute atomic E-state index is 13.6. The van der Waals surface area contributed by atoms with Crippen LogP contribution < -0.4 is 15.0 Å². The van der Waals surface area contributed by atoms with Gasteiger partial charge in [-0.3, -0.25) is 9.59 Å². The zero-order valence-electron chi connectivity index (χ0n) is 15.2. The third-order valence-corrected chi connectivity index (χ3v) is 4.00. The normalized spacial score (nSPS) is 10.3. The lowest BCUT2D eigenvalue weighted by atomic mass is 10.1. The Labute approximate surface area is 152 Å². The number of halogens is 1. The number of amides is 2. The number of nitrogens with zero attached hydrogens (tertiary/aromatic N) is 1. The summed E-state index contributed by atoms with van der Waals surface area (Å²) in [4.78, 5) is 25.7. The number of rotatable bonds is 7. The van der Waals surface area contributed by atoms with E-state index in [2.05, 4.69) is 5.32 Å². The second-order valence-electron chi connectivity index (χ2n) is 5.96.